The Bertz CT molecular complexity index is 68.4. The highest BCUT2D eigenvalue weighted by atomic mass is 32.1. The lowest BCUT2D eigenvalue weighted by Gasteiger charge is -2.26. The molecule has 0 unspecified atom stereocenters. The van der Waals surface area contributed by atoms with E-state index in [4.69, 9.17) is 0 Å². The van der Waals surface area contributed by atoms with Gasteiger partial charge in [0, 0.05) is 13.1 Å². The van der Waals surface area contributed by atoms with E-state index in [1.807, 2.05) is 0 Å². The van der Waals surface area contributed by atoms with Gasteiger partial charge in [0.15, 0.2) is 0 Å². The molecule has 4 heteroatoms. The predicted octanol–water partition coefficient (Wildman–Crippen LogP) is -0.309. The number of rotatable bonds is 0. The van der Waals surface area contributed by atoms with Crippen molar-refractivity contribution >= 4 is 25.3 Å². The van der Waals surface area contributed by atoms with Crippen LogP contribution in [0.25, 0.3) is 0 Å². The summed E-state index contributed by atoms with van der Waals surface area (Å²) in [6.45, 7) is 1.98. The van der Waals surface area contributed by atoms with Crippen LogP contribution in [0, 0.1) is 0 Å². The summed E-state index contributed by atoms with van der Waals surface area (Å²) in [7, 11) is 0. The normalized spacial score (nSPS) is 39.8. The standard InChI is InChI=1S/C4H10N2S2/c7-3-4(8)6-2-1-5-3/h3-8H,1-2H2/t3-,4-/m0/s1. The molecular formula is C4H10N2S2. The van der Waals surface area contributed by atoms with Crippen LogP contribution in [0.4, 0.5) is 0 Å². The van der Waals surface area contributed by atoms with E-state index >= 15 is 0 Å². The Morgan fingerprint density at radius 1 is 1.00 bits per heavy atom. The van der Waals surface area contributed by atoms with E-state index in [-0.39, 0.29) is 10.7 Å². The second-order valence-corrected chi connectivity index (χ2v) is 2.91. The average molecular weight is 150 g/mol. The molecule has 1 rings (SSSR count). The molecule has 1 heterocycles. The van der Waals surface area contributed by atoms with E-state index in [1.54, 1.807) is 0 Å². The van der Waals surface area contributed by atoms with Gasteiger partial charge >= 0.3 is 0 Å². The van der Waals surface area contributed by atoms with Gasteiger partial charge in [0.2, 0.25) is 0 Å². The average Bonchev–Trinajstić information content (AvgIpc) is 1.77. The van der Waals surface area contributed by atoms with Crippen LogP contribution in [0.15, 0.2) is 0 Å². The van der Waals surface area contributed by atoms with Crippen molar-refractivity contribution in [2.45, 2.75) is 10.7 Å². The molecular weight excluding hydrogens is 140 g/mol. The number of piperazine rings is 1. The molecule has 1 aliphatic rings. The van der Waals surface area contributed by atoms with Gasteiger partial charge in [-0.2, -0.15) is 25.3 Å². The topological polar surface area (TPSA) is 24.1 Å². The van der Waals surface area contributed by atoms with Crippen molar-refractivity contribution in [1.29, 1.82) is 0 Å². The Kier molecular flexibility index (Phi) is 2.49. The highest BCUT2D eigenvalue weighted by Gasteiger charge is 2.15. The molecule has 0 aliphatic carbocycles. The Labute approximate surface area is 60.2 Å². The van der Waals surface area contributed by atoms with Crippen LogP contribution in [0.5, 0.6) is 0 Å². The fourth-order valence-corrected chi connectivity index (χ4v) is 1.13. The Balaban J connectivity index is 2.28. The maximum absolute atomic E-state index is 4.21. The molecule has 0 aromatic carbocycles. The minimum Gasteiger partial charge on any atom is -0.302 e. The Morgan fingerprint density at radius 2 is 1.38 bits per heavy atom. The van der Waals surface area contributed by atoms with Crippen molar-refractivity contribution in [2.75, 3.05) is 13.1 Å². The third kappa shape index (κ3) is 1.55. The molecule has 1 fully saturated rings. The first-order valence-electron chi connectivity index (χ1n) is 2.63. The summed E-state index contributed by atoms with van der Waals surface area (Å²) in [5.74, 6) is 0. The van der Waals surface area contributed by atoms with Crippen LogP contribution < -0.4 is 10.6 Å². The van der Waals surface area contributed by atoms with Crippen LogP contribution in [0.2, 0.25) is 0 Å². The monoisotopic (exact) mass is 150 g/mol. The molecule has 1 aliphatic heterocycles. The summed E-state index contributed by atoms with van der Waals surface area (Å²) in [4.78, 5) is 0. The van der Waals surface area contributed by atoms with Crippen molar-refractivity contribution in [3.8, 4) is 0 Å². The molecule has 48 valence electrons. The summed E-state index contributed by atoms with van der Waals surface area (Å²) in [5, 5.41) is 6.72. The smallest absolute Gasteiger partial charge is 0.0751 e. The van der Waals surface area contributed by atoms with Gasteiger partial charge in [0.1, 0.15) is 0 Å². The highest BCUT2D eigenvalue weighted by Crippen LogP contribution is 2.04. The summed E-state index contributed by atoms with van der Waals surface area (Å²) in [5.41, 5.74) is 0. The van der Waals surface area contributed by atoms with Crippen molar-refractivity contribution < 1.29 is 0 Å². The van der Waals surface area contributed by atoms with Crippen LogP contribution in [0.1, 0.15) is 0 Å². The van der Waals surface area contributed by atoms with Gasteiger partial charge < -0.3 is 10.6 Å². The van der Waals surface area contributed by atoms with Gasteiger partial charge in [-0.05, 0) is 0 Å². The molecule has 0 spiro atoms. The van der Waals surface area contributed by atoms with E-state index in [0.717, 1.165) is 13.1 Å². The fraction of sp³-hybridized carbons (Fsp3) is 1.00. The van der Waals surface area contributed by atoms with Gasteiger partial charge in [0.25, 0.3) is 0 Å². The Hall–Kier alpha value is 0.620. The lowest BCUT2D eigenvalue weighted by molar-refractivity contribution is 0.484. The molecule has 0 saturated carbocycles. The molecule has 1 saturated heterocycles. The first-order chi connectivity index (χ1) is 3.80. The molecule has 0 radical (unpaired) electrons. The van der Waals surface area contributed by atoms with E-state index in [0.29, 0.717) is 0 Å². The third-order valence-corrected chi connectivity index (χ3v) is 2.33. The summed E-state index contributed by atoms with van der Waals surface area (Å²) in [6.07, 6.45) is 0. The molecule has 0 bridgehead atoms. The molecule has 2 atom stereocenters. The second kappa shape index (κ2) is 2.96. The van der Waals surface area contributed by atoms with Crippen LogP contribution >= 0.6 is 25.3 Å². The highest BCUT2D eigenvalue weighted by molar-refractivity contribution is 7.85. The fourth-order valence-electron chi connectivity index (χ4n) is 0.663. The van der Waals surface area contributed by atoms with Gasteiger partial charge in [-0.3, -0.25) is 0 Å². The zero-order valence-electron chi connectivity index (χ0n) is 4.46. The predicted molar refractivity (Wildman–Crippen MR) is 41.6 cm³/mol. The molecule has 2 nitrogen and oxygen atoms in total. The quantitative estimate of drug-likeness (QED) is 0.356. The van der Waals surface area contributed by atoms with Gasteiger partial charge in [-0.25, -0.2) is 0 Å². The maximum Gasteiger partial charge on any atom is 0.0751 e. The van der Waals surface area contributed by atoms with Crippen LogP contribution in [0.3, 0.4) is 0 Å². The first-order valence-corrected chi connectivity index (χ1v) is 3.67. The zero-order valence-corrected chi connectivity index (χ0v) is 6.25. The number of nitrogens with one attached hydrogen (secondary N) is 2. The first kappa shape index (κ1) is 6.74. The number of hydrogen-bond donors (Lipinski definition) is 4. The van der Waals surface area contributed by atoms with Crippen molar-refractivity contribution in [2.24, 2.45) is 0 Å². The summed E-state index contributed by atoms with van der Waals surface area (Å²) in [6, 6.07) is 0. The van der Waals surface area contributed by atoms with E-state index in [2.05, 4.69) is 35.9 Å². The van der Waals surface area contributed by atoms with Gasteiger partial charge in [0.05, 0.1) is 10.7 Å². The molecule has 0 aromatic rings. The second-order valence-electron chi connectivity index (χ2n) is 1.80. The maximum atomic E-state index is 4.21. The number of hydrogen-bond acceptors (Lipinski definition) is 4. The van der Waals surface area contributed by atoms with E-state index in [9.17, 15) is 0 Å². The molecule has 0 aromatic heterocycles. The van der Waals surface area contributed by atoms with E-state index < -0.39 is 0 Å². The van der Waals surface area contributed by atoms with Crippen molar-refractivity contribution in [1.82, 2.24) is 10.6 Å². The van der Waals surface area contributed by atoms with Crippen LogP contribution in [-0.2, 0) is 0 Å². The largest absolute Gasteiger partial charge is 0.302 e. The SMILES string of the molecule is S[C@@H]1NCCN[C@H]1S. The minimum absolute atomic E-state index is 0.201. The summed E-state index contributed by atoms with van der Waals surface area (Å²) >= 11 is 8.41. The van der Waals surface area contributed by atoms with Crippen molar-refractivity contribution in [3.63, 3.8) is 0 Å². The minimum atomic E-state index is 0.201. The van der Waals surface area contributed by atoms with Crippen molar-refractivity contribution in [3.05, 3.63) is 0 Å². The lowest BCUT2D eigenvalue weighted by atomic mass is 10.4. The lowest BCUT2D eigenvalue weighted by Crippen LogP contribution is -2.50. The van der Waals surface area contributed by atoms with E-state index in [1.165, 1.54) is 0 Å². The van der Waals surface area contributed by atoms with Gasteiger partial charge in [-0.15, -0.1) is 0 Å². The molecule has 0 amide bonds. The zero-order chi connectivity index (χ0) is 5.98. The van der Waals surface area contributed by atoms with Gasteiger partial charge in [-0.1, -0.05) is 0 Å². The molecule has 2 N–H and O–H groups in total. The Morgan fingerprint density at radius 3 is 1.62 bits per heavy atom. The molecule has 8 heavy (non-hydrogen) atoms. The number of thiol groups is 2. The third-order valence-electron chi connectivity index (χ3n) is 1.13. The summed E-state index contributed by atoms with van der Waals surface area (Å²) < 4.78 is 0. The van der Waals surface area contributed by atoms with Crippen LogP contribution in [-0.4, -0.2) is 23.8 Å².